The van der Waals surface area contributed by atoms with E-state index in [2.05, 4.69) is 4.98 Å². The van der Waals surface area contributed by atoms with Crippen LogP contribution in [-0.4, -0.2) is 4.98 Å². The van der Waals surface area contributed by atoms with E-state index < -0.39 is 11.6 Å². The van der Waals surface area contributed by atoms with Crippen molar-refractivity contribution in [2.75, 3.05) is 0 Å². The molecule has 0 spiro atoms. The lowest BCUT2D eigenvalue weighted by molar-refractivity contribution is 0.584. The van der Waals surface area contributed by atoms with Crippen molar-refractivity contribution in [3.8, 4) is 11.3 Å². The molecule has 0 saturated heterocycles. The third kappa shape index (κ3) is 1.84. The molecule has 1 aromatic heterocycles. The third-order valence-electron chi connectivity index (χ3n) is 2.81. The summed E-state index contributed by atoms with van der Waals surface area (Å²) in [5, 5.41) is 1.87. The van der Waals surface area contributed by atoms with Crippen molar-refractivity contribution in [3.05, 3.63) is 66.4 Å². The Bertz CT molecular complexity index is 697. The van der Waals surface area contributed by atoms with E-state index in [9.17, 15) is 8.78 Å². The topological polar surface area (TPSA) is 12.9 Å². The van der Waals surface area contributed by atoms with E-state index in [1.165, 1.54) is 12.1 Å². The molecule has 0 unspecified atom stereocenters. The maximum Gasteiger partial charge on any atom is 0.126 e. The minimum atomic E-state index is -0.597. The molecule has 3 rings (SSSR count). The number of hydrogen-bond acceptors (Lipinski definition) is 1. The first-order chi connectivity index (χ1) is 8.74. The molecule has 3 aromatic rings. The summed E-state index contributed by atoms with van der Waals surface area (Å²) in [6, 6.07) is 12.9. The summed E-state index contributed by atoms with van der Waals surface area (Å²) in [7, 11) is 0. The minimum Gasteiger partial charge on any atom is -0.256 e. The molecule has 0 radical (unpaired) electrons. The van der Waals surface area contributed by atoms with Crippen LogP contribution in [0.1, 0.15) is 0 Å². The fraction of sp³-hybridized carbons (Fsp3) is 0. The van der Waals surface area contributed by atoms with Gasteiger partial charge in [-0.2, -0.15) is 0 Å². The van der Waals surface area contributed by atoms with Crippen LogP contribution in [0.2, 0.25) is 0 Å². The predicted octanol–water partition coefficient (Wildman–Crippen LogP) is 4.18. The molecule has 0 fully saturated rings. The van der Waals surface area contributed by atoms with Gasteiger partial charge in [0, 0.05) is 23.2 Å². The number of halogens is 2. The molecule has 0 saturated carbocycles. The Morgan fingerprint density at radius 1 is 0.833 bits per heavy atom. The van der Waals surface area contributed by atoms with Gasteiger partial charge in [-0.05, 0) is 23.6 Å². The van der Waals surface area contributed by atoms with Gasteiger partial charge in [0.2, 0.25) is 0 Å². The second kappa shape index (κ2) is 4.18. The summed E-state index contributed by atoms with van der Waals surface area (Å²) in [5.74, 6) is -1.19. The lowest BCUT2D eigenvalue weighted by Gasteiger charge is -2.06. The summed E-state index contributed by atoms with van der Waals surface area (Å²) in [5.41, 5.74) is 1.04. The van der Waals surface area contributed by atoms with Gasteiger partial charge in [0.15, 0.2) is 0 Å². The number of hydrogen-bond donors (Lipinski definition) is 0. The largest absolute Gasteiger partial charge is 0.256 e. The smallest absolute Gasteiger partial charge is 0.126 e. The molecule has 0 aliphatic heterocycles. The Hall–Kier alpha value is -2.29. The lowest BCUT2D eigenvalue weighted by Crippen LogP contribution is -1.88. The molecule has 18 heavy (non-hydrogen) atoms. The second-order valence-corrected chi connectivity index (χ2v) is 4.04. The van der Waals surface area contributed by atoms with Gasteiger partial charge in [-0.1, -0.05) is 24.3 Å². The van der Waals surface area contributed by atoms with Crippen LogP contribution in [0.5, 0.6) is 0 Å². The molecule has 0 aliphatic carbocycles. The quantitative estimate of drug-likeness (QED) is 0.622. The maximum absolute atomic E-state index is 13.2. The van der Waals surface area contributed by atoms with Gasteiger partial charge in [-0.3, -0.25) is 4.98 Å². The normalized spacial score (nSPS) is 10.8. The Labute approximate surface area is 103 Å². The highest BCUT2D eigenvalue weighted by atomic mass is 19.1. The molecule has 0 aliphatic rings. The van der Waals surface area contributed by atoms with Crippen molar-refractivity contribution >= 4 is 10.8 Å². The summed E-state index contributed by atoms with van der Waals surface area (Å²) in [6.45, 7) is 0. The van der Waals surface area contributed by atoms with Crippen LogP contribution in [0.25, 0.3) is 22.0 Å². The highest BCUT2D eigenvalue weighted by Gasteiger charge is 2.07. The fourth-order valence-electron chi connectivity index (χ4n) is 2.04. The van der Waals surface area contributed by atoms with E-state index >= 15 is 0 Å². The molecular weight excluding hydrogens is 232 g/mol. The van der Waals surface area contributed by atoms with Crippen molar-refractivity contribution in [1.82, 2.24) is 4.98 Å². The minimum absolute atomic E-state index is 0.448. The van der Waals surface area contributed by atoms with Crippen LogP contribution in [0.4, 0.5) is 8.78 Å². The average molecular weight is 241 g/mol. The SMILES string of the molecule is Fc1cc(F)cc(-c2nccc3ccccc23)c1. The van der Waals surface area contributed by atoms with Gasteiger partial charge in [-0.25, -0.2) is 8.78 Å². The van der Waals surface area contributed by atoms with Crippen molar-refractivity contribution < 1.29 is 8.78 Å². The number of rotatable bonds is 1. The first kappa shape index (κ1) is 10.8. The monoisotopic (exact) mass is 241 g/mol. The molecule has 1 heterocycles. The van der Waals surface area contributed by atoms with Crippen LogP contribution in [-0.2, 0) is 0 Å². The van der Waals surface area contributed by atoms with Crippen LogP contribution < -0.4 is 0 Å². The molecule has 0 atom stereocenters. The first-order valence-corrected chi connectivity index (χ1v) is 5.54. The Kier molecular flexibility index (Phi) is 2.52. The summed E-state index contributed by atoms with van der Waals surface area (Å²) in [6.07, 6.45) is 1.64. The Morgan fingerprint density at radius 3 is 2.33 bits per heavy atom. The Morgan fingerprint density at radius 2 is 1.56 bits per heavy atom. The molecule has 1 nitrogen and oxygen atoms in total. The summed E-state index contributed by atoms with van der Waals surface area (Å²) in [4.78, 5) is 4.23. The van der Waals surface area contributed by atoms with Gasteiger partial charge in [0.25, 0.3) is 0 Å². The van der Waals surface area contributed by atoms with Crippen LogP contribution in [0.15, 0.2) is 54.7 Å². The van der Waals surface area contributed by atoms with E-state index in [-0.39, 0.29) is 0 Å². The molecular formula is C15H9F2N. The van der Waals surface area contributed by atoms with E-state index in [1.54, 1.807) is 6.20 Å². The molecule has 2 aromatic carbocycles. The molecule has 0 bridgehead atoms. The van der Waals surface area contributed by atoms with E-state index in [0.29, 0.717) is 11.3 Å². The van der Waals surface area contributed by atoms with Gasteiger partial charge >= 0.3 is 0 Å². The van der Waals surface area contributed by atoms with Crippen LogP contribution in [0, 0.1) is 11.6 Å². The number of nitrogens with zero attached hydrogens (tertiary/aromatic N) is 1. The predicted molar refractivity (Wildman–Crippen MR) is 67.1 cm³/mol. The van der Waals surface area contributed by atoms with Crippen molar-refractivity contribution in [2.24, 2.45) is 0 Å². The molecule has 0 N–H and O–H groups in total. The van der Waals surface area contributed by atoms with Crippen molar-refractivity contribution in [2.45, 2.75) is 0 Å². The Balaban J connectivity index is 2.31. The van der Waals surface area contributed by atoms with E-state index in [4.69, 9.17) is 0 Å². The number of fused-ring (bicyclic) bond motifs is 1. The van der Waals surface area contributed by atoms with Gasteiger partial charge in [0.05, 0.1) is 5.69 Å². The van der Waals surface area contributed by atoms with Gasteiger partial charge < -0.3 is 0 Å². The fourth-order valence-corrected chi connectivity index (χ4v) is 2.04. The van der Waals surface area contributed by atoms with Gasteiger partial charge in [0.1, 0.15) is 11.6 Å². The third-order valence-corrected chi connectivity index (χ3v) is 2.81. The van der Waals surface area contributed by atoms with Crippen LogP contribution >= 0.6 is 0 Å². The highest BCUT2D eigenvalue weighted by Crippen LogP contribution is 2.27. The maximum atomic E-state index is 13.2. The average Bonchev–Trinajstić information content (AvgIpc) is 2.37. The van der Waals surface area contributed by atoms with Crippen LogP contribution in [0.3, 0.4) is 0 Å². The molecule has 88 valence electrons. The standard InChI is InChI=1S/C15H9F2N/c16-12-7-11(8-13(17)9-12)15-14-4-2-1-3-10(14)5-6-18-15/h1-9H. The van der Waals surface area contributed by atoms with Gasteiger partial charge in [-0.15, -0.1) is 0 Å². The molecule has 0 amide bonds. The second-order valence-electron chi connectivity index (χ2n) is 4.04. The molecule has 3 heteroatoms. The highest BCUT2D eigenvalue weighted by molar-refractivity contribution is 5.94. The summed E-state index contributed by atoms with van der Waals surface area (Å²) < 4.78 is 26.5. The number of aromatic nitrogens is 1. The van der Waals surface area contributed by atoms with Crippen molar-refractivity contribution in [1.29, 1.82) is 0 Å². The van der Waals surface area contributed by atoms with Crippen molar-refractivity contribution in [3.63, 3.8) is 0 Å². The van der Waals surface area contributed by atoms with E-state index in [1.807, 2.05) is 30.3 Å². The lowest BCUT2D eigenvalue weighted by atomic mass is 10.0. The zero-order valence-corrected chi connectivity index (χ0v) is 9.40. The zero-order valence-electron chi connectivity index (χ0n) is 9.40. The number of benzene rings is 2. The first-order valence-electron chi connectivity index (χ1n) is 5.54. The zero-order chi connectivity index (χ0) is 12.5. The van der Waals surface area contributed by atoms with E-state index in [0.717, 1.165) is 16.8 Å². The number of pyridine rings is 1. The summed E-state index contributed by atoms with van der Waals surface area (Å²) >= 11 is 0.